The van der Waals surface area contributed by atoms with Gasteiger partial charge in [-0.3, -0.25) is 4.79 Å². The molecule has 1 aliphatic rings. The molecular weight excluding hydrogens is 164 g/mol. The minimum Gasteiger partial charge on any atom is -0.388 e. The number of hydrogen-bond acceptors (Lipinski definition) is 2. The summed E-state index contributed by atoms with van der Waals surface area (Å²) in [5.74, 6) is 5.49. The number of rotatable bonds is 1. The molecule has 0 heterocycles. The first-order valence-electron chi connectivity index (χ1n) is 4.17. The van der Waals surface area contributed by atoms with Crippen LogP contribution in [0.5, 0.6) is 0 Å². The summed E-state index contributed by atoms with van der Waals surface area (Å²) in [4.78, 5) is 11.3. The number of aliphatic hydroxyl groups excluding tert-OH is 1. The Bertz CT molecular complexity index is 326. The van der Waals surface area contributed by atoms with Crippen LogP contribution in [0.15, 0.2) is 23.8 Å². The van der Waals surface area contributed by atoms with Crippen LogP contribution in [0.4, 0.5) is 0 Å². The van der Waals surface area contributed by atoms with Crippen LogP contribution in [0.1, 0.15) is 19.8 Å². The molecule has 0 spiro atoms. The van der Waals surface area contributed by atoms with Crippen molar-refractivity contribution in [2.75, 3.05) is 0 Å². The fraction of sp³-hybridized carbons (Fsp3) is 0.364. The Labute approximate surface area is 78.0 Å². The number of hydrogen-bond donors (Lipinski definition) is 1. The van der Waals surface area contributed by atoms with Gasteiger partial charge in [0.25, 0.3) is 0 Å². The highest BCUT2D eigenvalue weighted by Crippen LogP contribution is 2.24. The van der Waals surface area contributed by atoms with E-state index in [0.29, 0.717) is 12.0 Å². The summed E-state index contributed by atoms with van der Waals surface area (Å²) < 4.78 is 0. The second-order valence-electron chi connectivity index (χ2n) is 3.01. The molecule has 0 amide bonds. The van der Waals surface area contributed by atoms with Gasteiger partial charge in [-0.05, 0) is 18.6 Å². The lowest BCUT2D eigenvalue weighted by Gasteiger charge is -1.99. The zero-order valence-electron chi connectivity index (χ0n) is 7.63. The predicted molar refractivity (Wildman–Crippen MR) is 50.9 cm³/mol. The molecule has 68 valence electrons. The zero-order valence-corrected chi connectivity index (χ0v) is 7.63. The van der Waals surface area contributed by atoms with Crippen LogP contribution in [0.2, 0.25) is 0 Å². The molecule has 0 aromatic carbocycles. The lowest BCUT2D eigenvalue weighted by molar-refractivity contribution is -0.115. The van der Waals surface area contributed by atoms with Crippen molar-refractivity contribution in [3.8, 4) is 11.8 Å². The van der Waals surface area contributed by atoms with E-state index in [9.17, 15) is 9.90 Å². The number of ketones is 1. The van der Waals surface area contributed by atoms with E-state index in [1.165, 1.54) is 6.08 Å². The van der Waals surface area contributed by atoms with Gasteiger partial charge in [-0.25, -0.2) is 0 Å². The first-order chi connectivity index (χ1) is 6.16. The van der Waals surface area contributed by atoms with E-state index in [0.717, 1.165) is 5.57 Å². The van der Waals surface area contributed by atoms with Crippen LogP contribution in [-0.4, -0.2) is 17.0 Å². The number of carbonyl (C=O) groups excluding carboxylic acids is 1. The molecule has 0 fully saturated rings. The van der Waals surface area contributed by atoms with Gasteiger partial charge in [0.1, 0.15) is 0 Å². The first-order valence-corrected chi connectivity index (χ1v) is 4.17. The smallest absolute Gasteiger partial charge is 0.162 e. The normalized spacial score (nSPS) is 21.4. The average molecular weight is 176 g/mol. The Morgan fingerprint density at radius 1 is 1.77 bits per heavy atom. The molecule has 2 nitrogen and oxygen atoms in total. The molecule has 2 heteroatoms. The summed E-state index contributed by atoms with van der Waals surface area (Å²) in [7, 11) is 0. The fourth-order valence-corrected chi connectivity index (χ4v) is 1.32. The fourth-order valence-electron chi connectivity index (χ4n) is 1.32. The first kappa shape index (κ1) is 9.76. The lowest BCUT2D eigenvalue weighted by atomic mass is 10.1. The second kappa shape index (κ2) is 4.06. The molecule has 1 atom stereocenters. The van der Waals surface area contributed by atoms with E-state index >= 15 is 0 Å². The van der Waals surface area contributed by atoms with Gasteiger partial charge in [0.15, 0.2) is 5.78 Å². The molecule has 13 heavy (non-hydrogen) atoms. The summed E-state index contributed by atoms with van der Waals surface area (Å²) >= 11 is 0. The Balaban J connectivity index is 2.77. The molecule has 1 unspecified atom stereocenters. The highest BCUT2D eigenvalue weighted by Gasteiger charge is 2.26. The van der Waals surface area contributed by atoms with Crippen LogP contribution >= 0.6 is 0 Å². The highest BCUT2D eigenvalue weighted by molar-refractivity contribution is 5.99. The Hall–Kier alpha value is -1.33. The van der Waals surface area contributed by atoms with Crippen molar-refractivity contribution in [2.45, 2.75) is 25.9 Å². The van der Waals surface area contributed by atoms with Crippen molar-refractivity contribution in [1.29, 1.82) is 0 Å². The summed E-state index contributed by atoms with van der Waals surface area (Å²) in [6, 6.07) is 0. The van der Waals surface area contributed by atoms with Crippen LogP contribution < -0.4 is 0 Å². The molecule has 1 aliphatic carbocycles. The molecular formula is C11H12O2. The summed E-state index contributed by atoms with van der Waals surface area (Å²) in [5.41, 5.74) is 1.44. The van der Waals surface area contributed by atoms with E-state index in [1.54, 1.807) is 6.92 Å². The van der Waals surface area contributed by atoms with Gasteiger partial charge >= 0.3 is 0 Å². The van der Waals surface area contributed by atoms with Crippen molar-refractivity contribution in [1.82, 2.24) is 0 Å². The molecule has 1 N–H and O–H groups in total. The molecule has 1 rings (SSSR count). The van der Waals surface area contributed by atoms with Gasteiger partial charge in [-0.2, -0.15) is 0 Å². The van der Waals surface area contributed by atoms with Gasteiger partial charge in [-0.1, -0.05) is 18.4 Å². The van der Waals surface area contributed by atoms with E-state index in [4.69, 9.17) is 0 Å². The van der Waals surface area contributed by atoms with Crippen LogP contribution in [-0.2, 0) is 4.79 Å². The Morgan fingerprint density at radius 3 is 2.92 bits per heavy atom. The topological polar surface area (TPSA) is 37.3 Å². The van der Waals surface area contributed by atoms with E-state index < -0.39 is 6.10 Å². The quantitative estimate of drug-likeness (QED) is 0.610. The third-order valence-corrected chi connectivity index (χ3v) is 2.16. The second-order valence-corrected chi connectivity index (χ2v) is 3.01. The number of carbonyl (C=O) groups is 1. The third kappa shape index (κ3) is 2.07. The SMILES string of the molecule is C=CC#CCC1=C(C)C(O)CC1=O. The molecule has 0 saturated heterocycles. The lowest BCUT2D eigenvalue weighted by Crippen LogP contribution is -2.03. The molecule has 0 bridgehead atoms. The van der Waals surface area contributed by atoms with Gasteiger partial charge in [0, 0.05) is 18.4 Å². The number of allylic oxidation sites excluding steroid dienone is 2. The standard InChI is InChI=1S/C11H12O2/c1-3-4-5-6-9-8(2)10(12)7-11(9)13/h3,10,12H,1,6-7H2,2H3. The van der Waals surface area contributed by atoms with Crippen molar-refractivity contribution in [3.05, 3.63) is 23.8 Å². The summed E-state index contributed by atoms with van der Waals surface area (Å²) in [6.07, 6.45) is 1.55. The average Bonchev–Trinajstić information content (AvgIpc) is 2.32. The summed E-state index contributed by atoms with van der Waals surface area (Å²) in [6.45, 7) is 5.23. The zero-order chi connectivity index (χ0) is 9.84. The molecule has 0 radical (unpaired) electrons. The van der Waals surface area contributed by atoms with Crippen LogP contribution in [0, 0.1) is 11.8 Å². The number of Topliss-reactive ketones (excluding diaryl/α,β-unsaturated/α-hetero) is 1. The maximum Gasteiger partial charge on any atom is 0.162 e. The molecule has 0 saturated carbocycles. The molecule has 0 aromatic heterocycles. The van der Waals surface area contributed by atoms with E-state index in [2.05, 4.69) is 18.4 Å². The van der Waals surface area contributed by atoms with Gasteiger partial charge < -0.3 is 5.11 Å². The monoisotopic (exact) mass is 176 g/mol. The van der Waals surface area contributed by atoms with Crippen molar-refractivity contribution >= 4 is 5.78 Å². The summed E-state index contributed by atoms with van der Waals surface area (Å²) in [5, 5.41) is 9.35. The van der Waals surface area contributed by atoms with Crippen LogP contribution in [0.25, 0.3) is 0 Å². The van der Waals surface area contributed by atoms with Gasteiger partial charge in [-0.15, -0.1) is 0 Å². The van der Waals surface area contributed by atoms with Crippen molar-refractivity contribution < 1.29 is 9.90 Å². The minimum absolute atomic E-state index is 0.0170. The largest absolute Gasteiger partial charge is 0.388 e. The Kier molecular flexibility index (Phi) is 3.05. The Morgan fingerprint density at radius 2 is 2.46 bits per heavy atom. The third-order valence-electron chi connectivity index (χ3n) is 2.16. The van der Waals surface area contributed by atoms with Gasteiger partial charge in [0.05, 0.1) is 6.10 Å². The number of aliphatic hydroxyl groups is 1. The van der Waals surface area contributed by atoms with Crippen molar-refractivity contribution in [2.24, 2.45) is 0 Å². The predicted octanol–water partition coefficient (Wildman–Crippen LogP) is 1.22. The maximum atomic E-state index is 11.3. The minimum atomic E-state index is -0.590. The van der Waals surface area contributed by atoms with Gasteiger partial charge in [0.2, 0.25) is 0 Å². The van der Waals surface area contributed by atoms with Crippen molar-refractivity contribution in [3.63, 3.8) is 0 Å². The highest BCUT2D eigenvalue weighted by atomic mass is 16.3. The van der Waals surface area contributed by atoms with E-state index in [1.807, 2.05) is 0 Å². The molecule has 0 aliphatic heterocycles. The molecule has 0 aromatic rings. The maximum absolute atomic E-state index is 11.3. The van der Waals surface area contributed by atoms with E-state index in [-0.39, 0.29) is 12.2 Å². The van der Waals surface area contributed by atoms with Crippen LogP contribution in [0.3, 0.4) is 0 Å².